The lowest BCUT2D eigenvalue weighted by Gasteiger charge is -2.25. The second kappa shape index (κ2) is 4.18. The summed E-state index contributed by atoms with van der Waals surface area (Å²) < 4.78 is 0. The minimum Gasteiger partial charge on any atom is -0.375 e. The molecule has 1 amide bonds. The number of nitrogens with zero attached hydrogens (tertiary/aromatic N) is 2. The van der Waals surface area contributed by atoms with E-state index in [9.17, 15) is 4.79 Å². The molecule has 0 aromatic carbocycles. The molecule has 2 N–H and O–H groups in total. The van der Waals surface area contributed by atoms with E-state index in [1.807, 2.05) is 4.90 Å². The zero-order chi connectivity index (χ0) is 10.8. The van der Waals surface area contributed by atoms with Crippen LogP contribution in [0.25, 0.3) is 0 Å². The predicted molar refractivity (Wildman–Crippen MR) is 61.0 cm³/mol. The molecule has 0 unspecified atom stereocenters. The van der Waals surface area contributed by atoms with Crippen LogP contribution in [0, 0.1) is 0 Å². The largest absolute Gasteiger partial charge is 0.375 e. The SMILES string of the molecule is CCCCN1CCc2nc(N)sc2C1=O. The van der Waals surface area contributed by atoms with Gasteiger partial charge in [-0.1, -0.05) is 24.7 Å². The Kier molecular flexibility index (Phi) is 2.90. The van der Waals surface area contributed by atoms with E-state index in [4.69, 9.17) is 5.73 Å². The molecule has 1 aliphatic rings. The second-order valence-corrected chi connectivity index (χ2v) is 4.75. The van der Waals surface area contributed by atoms with Crippen molar-refractivity contribution in [1.29, 1.82) is 0 Å². The Balaban J connectivity index is 2.14. The molecule has 2 rings (SSSR count). The molecule has 5 heteroatoms. The molecule has 1 aromatic heterocycles. The summed E-state index contributed by atoms with van der Waals surface area (Å²) in [5, 5.41) is 0.505. The van der Waals surface area contributed by atoms with Crippen molar-refractivity contribution in [3.63, 3.8) is 0 Å². The first kappa shape index (κ1) is 10.4. The molecule has 0 bridgehead atoms. The van der Waals surface area contributed by atoms with Crippen LogP contribution < -0.4 is 5.73 Å². The van der Waals surface area contributed by atoms with Gasteiger partial charge in [-0.15, -0.1) is 0 Å². The van der Waals surface area contributed by atoms with Crippen LogP contribution in [0.15, 0.2) is 0 Å². The molecule has 0 atom stereocenters. The van der Waals surface area contributed by atoms with Gasteiger partial charge in [-0.3, -0.25) is 4.79 Å². The number of carbonyl (C=O) groups is 1. The topological polar surface area (TPSA) is 59.2 Å². The maximum atomic E-state index is 12.0. The molecule has 15 heavy (non-hydrogen) atoms. The van der Waals surface area contributed by atoms with E-state index in [1.54, 1.807) is 0 Å². The number of nitrogens with two attached hydrogens (primary N) is 1. The first-order valence-electron chi connectivity index (χ1n) is 5.26. The predicted octanol–water partition coefficient (Wildman–Crippen LogP) is 1.52. The van der Waals surface area contributed by atoms with Gasteiger partial charge in [0.05, 0.1) is 5.69 Å². The second-order valence-electron chi connectivity index (χ2n) is 3.72. The molecule has 2 heterocycles. The first-order valence-corrected chi connectivity index (χ1v) is 6.08. The zero-order valence-electron chi connectivity index (χ0n) is 8.82. The van der Waals surface area contributed by atoms with Crippen molar-refractivity contribution in [2.24, 2.45) is 0 Å². The average molecular weight is 225 g/mol. The molecule has 0 saturated carbocycles. The van der Waals surface area contributed by atoms with E-state index >= 15 is 0 Å². The summed E-state index contributed by atoms with van der Waals surface area (Å²) in [7, 11) is 0. The molecule has 1 aliphatic heterocycles. The number of unbranched alkanes of at least 4 members (excludes halogenated alkanes) is 1. The summed E-state index contributed by atoms with van der Waals surface area (Å²) in [4.78, 5) is 18.8. The highest BCUT2D eigenvalue weighted by Crippen LogP contribution is 2.26. The maximum absolute atomic E-state index is 12.0. The lowest BCUT2D eigenvalue weighted by Crippen LogP contribution is -2.37. The molecule has 82 valence electrons. The molecule has 0 spiro atoms. The average Bonchev–Trinajstić information content (AvgIpc) is 2.59. The van der Waals surface area contributed by atoms with Crippen molar-refractivity contribution in [1.82, 2.24) is 9.88 Å². The van der Waals surface area contributed by atoms with Crippen molar-refractivity contribution in [2.45, 2.75) is 26.2 Å². The number of hydrogen-bond acceptors (Lipinski definition) is 4. The summed E-state index contributed by atoms with van der Waals surface area (Å²) in [6, 6.07) is 0. The molecular formula is C10H15N3OS. The van der Waals surface area contributed by atoms with Crippen LogP contribution in [0.4, 0.5) is 5.13 Å². The Morgan fingerprint density at radius 2 is 2.40 bits per heavy atom. The van der Waals surface area contributed by atoms with Crippen LogP contribution in [-0.4, -0.2) is 28.9 Å². The monoisotopic (exact) mass is 225 g/mol. The normalized spacial score (nSPS) is 15.5. The van der Waals surface area contributed by atoms with Gasteiger partial charge in [-0.25, -0.2) is 4.98 Å². The zero-order valence-corrected chi connectivity index (χ0v) is 9.64. The van der Waals surface area contributed by atoms with Gasteiger partial charge in [0.2, 0.25) is 0 Å². The van der Waals surface area contributed by atoms with Gasteiger partial charge in [0.15, 0.2) is 5.13 Å². The van der Waals surface area contributed by atoms with Gasteiger partial charge < -0.3 is 10.6 Å². The number of rotatable bonds is 3. The lowest BCUT2D eigenvalue weighted by molar-refractivity contribution is 0.0742. The van der Waals surface area contributed by atoms with Crippen molar-refractivity contribution in [3.8, 4) is 0 Å². The summed E-state index contributed by atoms with van der Waals surface area (Å²) in [6.45, 7) is 3.77. The first-order chi connectivity index (χ1) is 7.22. The number of anilines is 1. The van der Waals surface area contributed by atoms with Gasteiger partial charge in [0.25, 0.3) is 5.91 Å². The fourth-order valence-electron chi connectivity index (χ4n) is 1.75. The minimum atomic E-state index is 0.110. The van der Waals surface area contributed by atoms with Crippen LogP contribution in [0.3, 0.4) is 0 Å². The fraction of sp³-hybridized carbons (Fsp3) is 0.600. The molecule has 0 saturated heterocycles. The highest BCUT2D eigenvalue weighted by atomic mass is 32.1. The van der Waals surface area contributed by atoms with Crippen molar-refractivity contribution < 1.29 is 4.79 Å². The molecule has 4 nitrogen and oxygen atoms in total. The third-order valence-corrected chi connectivity index (χ3v) is 3.51. The number of aromatic nitrogens is 1. The standard InChI is InChI=1S/C10H15N3OS/c1-2-3-5-13-6-4-7-8(9(13)14)15-10(11)12-7/h2-6H2,1H3,(H2,11,12). The molecule has 0 fully saturated rings. The third-order valence-electron chi connectivity index (χ3n) is 2.60. The number of fused-ring (bicyclic) bond motifs is 1. The van der Waals surface area contributed by atoms with E-state index in [2.05, 4.69) is 11.9 Å². The molecule has 1 aromatic rings. The Labute approximate surface area is 93.1 Å². The van der Waals surface area contributed by atoms with Gasteiger partial charge in [-0.2, -0.15) is 0 Å². The minimum absolute atomic E-state index is 0.110. The number of amides is 1. The smallest absolute Gasteiger partial charge is 0.265 e. The summed E-state index contributed by atoms with van der Waals surface area (Å²) in [5.74, 6) is 0.110. The van der Waals surface area contributed by atoms with Crippen LogP contribution in [0.5, 0.6) is 0 Å². The van der Waals surface area contributed by atoms with E-state index in [1.165, 1.54) is 11.3 Å². The van der Waals surface area contributed by atoms with E-state index in [0.29, 0.717) is 5.13 Å². The third kappa shape index (κ3) is 1.97. The molecule has 0 radical (unpaired) electrons. The number of thiazole rings is 1. The summed E-state index contributed by atoms with van der Waals surface area (Å²) >= 11 is 1.31. The maximum Gasteiger partial charge on any atom is 0.265 e. The Morgan fingerprint density at radius 1 is 1.60 bits per heavy atom. The highest BCUT2D eigenvalue weighted by molar-refractivity contribution is 7.17. The van der Waals surface area contributed by atoms with Crippen molar-refractivity contribution in [2.75, 3.05) is 18.8 Å². The van der Waals surface area contributed by atoms with Crippen molar-refractivity contribution in [3.05, 3.63) is 10.6 Å². The lowest BCUT2D eigenvalue weighted by atomic mass is 10.1. The van der Waals surface area contributed by atoms with Crippen LogP contribution in [-0.2, 0) is 6.42 Å². The van der Waals surface area contributed by atoms with Gasteiger partial charge >= 0.3 is 0 Å². The van der Waals surface area contributed by atoms with E-state index in [-0.39, 0.29) is 5.91 Å². The fourth-order valence-corrected chi connectivity index (χ4v) is 2.60. The summed E-state index contributed by atoms with van der Waals surface area (Å²) in [6.07, 6.45) is 3.02. The Bertz CT molecular complexity index is 375. The van der Waals surface area contributed by atoms with Gasteiger partial charge in [0.1, 0.15) is 4.88 Å². The highest BCUT2D eigenvalue weighted by Gasteiger charge is 2.27. The quantitative estimate of drug-likeness (QED) is 0.848. The summed E-state index contributed by atoms with van der Waals surface area (Å²) in [5.41, 5.74) is 6.49. The van der Waals surface area contributed by atoms with E-state index in [0.717, 1.165) is 42.9 Å². The Hall–Kier alpha value is -1.10. The molecule has 0 aliphatic carbocycles. The van der Waals surface area contributed by atoms with Gasteiger partial charge in [-0.05, 0) is 6.42 Å². The van der Waals surface area contributed by atoms with Crippen LogP contribution in [0.1, 0.15) is 35.1 Å². The van der Waals surface area contributed by atoms with Crippen LogP contribution >= 0.6 is 11.3 Å². The number of nitrogen functional groups attached to an aromatic ring is 1. The van der Waals surface area contributed by atoms with Crippen molar-refractivity contribution >= 4 is 22.4 Å². The number of hydrogen-bond donors (Lipinski definition) is 1. The molecular weight excluding hydrogens is 210 g/mol. The van der Waals surface area contributed by atoms with Gasteiger partial charge in [0, 0.05) is 19.5 Å². The van der Waals surface area contributed by atoms with Crippen LogP contribution in [0.2, 0.25) is 0 Å². The number of carbonyl (C=O) groups excluding carboxylic acids is 1. The van der Waals surface area contributed by atoms with E-state index < -0.39 is 0 Å². The Morgan fingerprint density at radius 3 is 3.13 bits per heavy atom.